The van der Waals surface area contributed by atoms with Gasteiger partial charge in [-0.15, -0.1) is 5.10 Å². The van der Waals surface area contributed by atoms with E-state index in [0.29, 0.717) is 0 Å². The maximum Gasteiger partial charge on any atom is 0.325 e. The normalized spacial score (nSPS) is 14.2. The molecule has 1 aliphatic rings. The summed E-state index contributed by atoms with van der Waals surface area (Å²) in [6, 6.07) is 0. The molecule has 2 rings (SSSR count). The van der Waals surface area contributed by atoms with Crippen molar-refractivity contribution in [3.05, 3.63) is 11.9 Å². The predicted molar refractivity (Wildman–Crippen MR) is 70.4 cm³/mol. The Kier molecular flexibility index (Phi) is 4.51. The highest BCUT2D eigenvalue weighted by atomic mass is 16.4. The molecule has 2 amide bonds. The quantitative estimate of drug-likeness (QED) is 0.750. The maximum absolute atomic E-state index is 12.1. The van der Waals surface area contributed by atoms with Crippen molar-refractivity contribution in [1.82, 2.24) is 24.8 Å². The van der Waals surface area contributed by atoms with Crippen LogP contribution in [0.3, 0.4) is 0 Å². The molecule has 1 saturated heterocycles. The van der Waals surface area contributed by atoms with Gasteiger partial charge in [0.2, 0.25) is 5.91 Å². The van der Waals surface area contributed by atoms with Crippen molar-refractivity contribution in [3.63, 3.8) is 0 Å². The Morgan fingerprint density at radius 1 is 1.33 bits per heavy atom. The Bertz CT molecular complexity index is 550. The fraction of sp³-hybridized carbons (Fsp3) is 0.583. The number of nitrogens with zero attached hydrogens (tertiary/aromatic N) is 5. The molecular weight excluding hydrogens is 278 g/mol. The van der Waals surface area contributed by atoms with Gasteiger partial charge >= 0.3 is 5.97 Å². The van der Waals surface area contributed by atoms with Crippen molar-refractivity contribution >= 4 is 17.8 Å². The molecule has 9 heteroatoms. The predicted octanol–water partition coefficient (Wildman–Crippen LogP) is -0.943. The molecule has 2 heterocycles. The highest BCUT2D eigenvalue weighted by Crippen LogP contribution is 2.08. The molecule has 0 radical (unpaired) electrons. The van der Waals surface area contributed by atoms with Gasteiger partial charge in [-0.1, -0.05) is 5.21 Å². The Morgan fingerprint density at radius 2 is 2.00 bits per heavy atom. The molecule has 0 unspecified atom stereocenters. The second-order valence-electron chi connectivity index (χ2n) is 4.94. The molecule has 0 atom stereocenters. The fourth-order valence-corrected chi connectivity index (χ4v) is 2.15. The minimum atomic E-state index is -1.07. The van der Waals surface area contributed by atoms with Crippen LogP contribution < -0.4 is 0 Å². The summed E-state index contributed by atoms with van der Waals surface area (Å²) in [7, 11) is 1.51. The second kappa shape index (κ2) is 6.33. The molecule has 0 aromatic carbocycles. The van der Waals surface area contributed by atoms with Gasteiger partial charge in [-0.3, -0.25) is 14.4 Å². The van der Waals surface area contributed by atoms with Crippen LogP contribution in [0, 0.1) is 0 Å². The number of aromatic nitrogens is 3. The van der Waals surface area contributed by atoms with Gasteiger partial charge in [0.15, 0.2) is 5.69 Å². The molecule has 0 spiro atoms. The lowest BCUT2D eigenvalue weighted by molar-refractivity contribution is -0.138. The number of carboxylic acids is 1. The van der Waals surface area contributed by atoms with Gasteiger partial charge in [0.1, 0.15) is 6.54 Å². The van der Waals surface area contributed by atoms with E-state index in [1.807, 2.05) is 0 Å². The third-order valence-electron chi connectivity index (χ3n) is 3.23. The number of rotatable bonds is 5. The zero-order valence-electron chi connectivity index (χ0n) is 11.7. The van der Waals surface area contributed by atoms with Crippen LogP contribution in [-0.4, -0.2) is 74.4 Å². The number of hydrogen-bond acceptors (Lipinski definition) is 5. The second-order valence-corrected chi connectivity index (χ2v) is 4.94. The van der Waals surface area contributed by atoms with E-state index in [1.165, 1.54) is 18.1 Å². The molecule has 1 aromatic heterocycles. The van der Waals surface area contributed by atoms with Gasteiger partial charge in [-0.05, 0) is 12.8 Å². The van der Waals surface area contributed by atoms with Crippen LogP contribution in [0.2, 0.25) is 0 Å². The van der Waals surface area contributed by atoms with Gasteiger partial charge < -0.3 is 14.9 Å². The summed E-state index contributed by atoms with van der Waals surface area (Å²) < 4.78 is 1.06. The maximum atomic E-state index is 12.1. The Hall–Kier alpha value is -2.45. The summed E-state index contributed by atoms with van der Waals surface area (Å²) in [5, 5.41) is 15.8. The van der Waals surface area contributed by atoms with Crippen LogP contribution in [-0.2, 0) is 16.1 Å². The van der Waals surface area contributed by atoms with Crippen LogP contribution in [0.1, 0.15) is 23.3 Å². The molecule has 0 bridgehead atoms. The van der Waals surface area contributed by atoms with Crippen molar-refractivity contribution in [2.24, 2.45) is 0 Å². The van der Waals surface area contributed by atoms with E-state index in [0.717, 1.165) is 30.6 Å². The third kappa shape index (κ3) is 3.77. The minimum absolute atomic E-state index is 0.0213. The van der Waals surface area contributed by atoms with E-state index in [2.05, 4.69) is 10.3 Å². The number of amides is 2. The van der Waals surface area contributed by atoms with E-state index in [9.17, 15) is 14.4 Å². The van der Waals surface area contributed by atoms with Crippen molar-refractivity contribution in [3.8, 4) is 0 Å². The summed E-state index contributed by atoms with van der Waals surface area (Å²) in [5.74, 6) is -1.63. The van der Waals surface area contributed by atoms with Crippen LogP contribution in [0.15, 0.2) is 6.20 Å². The number of carboxylic acid groups (broad SMARTS) is 1. The molecule has 114 valence electrons. The average Bonchev–Trinajstić information content (AvgIpc) is 3.07. The average molecular weight is 295 g/mol. The van der Waals surface area contributed by atoms with E-state index in [-0.39, 0.29) is 24.7 Å². The molecule has 1 aliphatic heterocycles. The summed E-state index contributed by atoms with van der Waals surface area (Å²) in [6.07, 6.45) is 3.24. The number of likely N-dealkylation sites (N-methyl/N-ethyl adjacent to an activating group) is 1. The molecule has 0 aliphatic carbocycles. The molecule has 21 heavy (non-hydrogen) atoms. The third-order valence-corrected chi connectivity index (χ3v) is 3.23. The Morgan fingerprint density at radius 3 is 2.62 bits per heavy atom. The smallest absolute Gasteiger partial charge is 0.325 e. The number of carbonyl (C=O) groups excluding carboxylic acids is 2. The minimum Gasteiger partial charge on any atom is -0.480 e. The van der Waals surface area contributed by atoms with Gasteiger partial charge in [-0.25, -0.2) is 4.68 Å². The van der Waals surface area contributed by atoms with E-state index in [4.69, 9.17) is 5.11 Å². The molecule has 9 nitrogen and oxygen atoms in total. The van der Waals surface area contributed by atoms with Crippen molar-refractivity contribution in [2.75, 3.05) is 26.7 Å². The monoisotopic (exact) mass is 295 g/mol. The zero-order chi connectivity index (χ0) is 15.4. The van der Waals surface area contributed by atoms with Crippen LogP contribution in [0.25, 0.3) is 0 Å². The number of carbonyl (C=O) groups is 3. The standard InChI is InChI=1S/C12H17N5O4/c1-15(7-10(18)16-4-2-3-5-16)12(21)9-6-17(14-13-9)8-11(19)20/h6H,2-5,7-8H2,1H3,(H,19,20). The summed E-state index contributed by atoms with van der Waals surface area (Å²) in [4.78, 5) is 37.6. The topological polar surface area (TPSA) is 109 Å². The Balaban J connectivity index is 1.93. The number of likely N-dealkylation sites (tertiary alicyclic amines) is 1. The molecule has 1 fully saturated rings. The molecule has 0 saturated carbocycles. The SMILES string of the molecule is CN(CC(=O)N1CCCC1)C(=O)c1cn(CC(=O)O)nn1. The first-order chi connectivity index (χ1) is 9.97. The van der Waals surface area contributed by atoms with Gasteiger partial charge in [-0.2, -0.15) is 0 Å². The zero-order valence-corrected chi connectivity index (χ0v) is 11.7. The Labute approximate surface area is 121 Å². The first-order valence-corrected chi connectivity index (χ1v) is 6.62. The highest BCUT2D eigenvalue weighted by Gasteiger charge is 2.23. The first-order valence-electron chi connectivity index (χ1n) is 6.62. The fourth-order valence-electron chi connectivity index (χ4n) is 2.15. The molecule has 1 N–H and O–H groups in total. The van der Waals surface area contributed by atoms with Crippen LogP contribution in [0.4, 0.5) is 0 Å². The van der Waals surface area contributed by atoms with Gasteiger partial charge in [0, 0.05) is 20.1 Å². The van der Waals surface area contributed by atoms with Gasteiger partial charge in [0.25, 0.3) is 5.91 Å². The van der Waals surface area contributed by atoms with Crippen molar-refractivity contribution in [1.29, 1.82) is 0 Å². The van der Waals surface area contributed by atoms with Gasteiger partial charge in [0.05, 0.1) is 12.7 Å². The highest BCUT2D eigenvalue weighted by molar-refractivity contribution is 5.94. The van der Waals surface area contributed by atoms with Crippen LogP contribution in [0.5, 0.6) is 0 Å². The number of hydrogen-bond donors (Lipinski definition) is 1. The summed E-state index contributed by atoms with van der Waals surface area (Å²) in [5.41, 5.74) is 0.0213. The molecule has 1 aromatic rings. The van der Waals surface area contributed by atoms with E-state index < -0.39 is 11.9 Å². The lowest BCUT2D eigenvalue weighted by Crippen LogP contribution is -2.40. The largest absolute Gasteiger partial charge is 0.480 e. The summed E-state index contributed by atoms with van der Waals surface area (Å²) in [6.45, 7) is 1.08. The van der Waals surface area contributed by atoms with Crippen molar-refractivity contribution in [2.45, 2.75) is 19.4 Å². The van der Waals surface area contributed by atoms with E-state index in [1.54, 1.807) is 4.90 Å². The molecular formula is C12H17N5O4. The van der Waals surface area contributed by atoms with Crippen molar-refractivity contribution < 1.29 is 19.5 Å². The lowest BCUT2D eigenvalue weighted by atomic mass is 10.3. The first kappa shape index (κ1) is 14.9. The lowest BCUT2D eigenvalue weighted by Gasteiger charge is -2.20. The van der Waals surface area contributed by atoms with Crippen LogP contribution >= 0.6 is 0 Å². The van der Waals surface area contributed by atoms with E-state index >= 15 is 0 Å². The number of aliphatic carboxylic acids is 1. The summed E-state index contributed by atoms with van der Waals surface area (Å²) >= 11 is 0.